The molecule has 1 aliphatic rings. The van der Waals surface area contributed by atoms with Gasteiger partial charge in [0.2, 0.25) is 0 Å². The molecule has 0 radical (unpaired) electrons. The van der Waals surface area contributed by atoms with E-state index in [0.717, 1.165) is 4.47 Å². The van der Waals surface area contributed by atoms with Gasteiger partial charge < -0.3 is 4.90 Å². The molecule has 1 unspecified atom stereocenters. The average Bonchev–Trinajstić information content (AvgIpc) is 2.64. The molecule has 1 aromatic carbocycles. The van der Waals surface area contributed by atoms with Gasteiger partial charge in [0.1, 0.15) is 0 Å². The van der Waals surface area contributed by atoms with Crippen LogP contribution in [0.3, 0.4) is 0 Å². The first-order chi connectivity index (χ1) is 13.1. The van der Waals surface area contributed by atoms with Crippen LogP contribution in [0.25, 0.3) is 10.9 Å². The average molecular weight is 480 g/mol. The Labute approximate surface area is 168 Å². The lowest BCUT2D eigenvalue weighted by Crippen LogP contribution is -2.45. The molecule has 2 heterocycles. The first-order valence-electron chi connectivity index (χ1n) is 8.48. The highest BCUT2D eigenvalue weighted by molar-refractivity contribution is 9.10. The van der Waals surface area contributed by atoms with Crippen molar-refractivity contribution in [2.24, 2.45) is 5.92 Å². The highest BCUT2D eigenvalue weighted by Gasteiger charge is 2.45. The number of pyridine rings is 1. The third-order valence-electron chi connectivity index (χ3n) is 4.61. The number of sulfonamides is 1. The van der Waals surface area contributed by atoms with Crippen molar-refractivity contribution in [3.8, 4) is 0 Å². The summed E-state index contributed by atoms with van der Waals surface area (Å²) >= 11 is 3.37. The van der Waals surface area contributed by atoms with Gasteiger partial charge in [-0.15, -0.1) is 0 Å². The summed E-state index contributed by atoms with van der Waals surface area (Å²) in [6.07, 6.45) is 2.64. The lowest BCUT2D eigenvalue weighted by atomic mass is 9.97. The van der Waals surface area contributed by atoms with Crippen molar-refractivity contribution in [2.45, 2.75) is 18.3 Å². The minimum Gasteiger partial charge on any atom is -0.338 e. The van der Waals surface area contributed by atoms with Crippen LogP contribution < -0.4 is 4.72 Å². The predicted octanol–water partition coefficient (Wildman–Crippen LogP) is 3.29. The van der Waals surface area contributed by atoms with Gasteiger partial charge in [-0.25, -0.2) is 13.1 Å². The Hall–Kier alpha value is -1.72. The lowest BCUT2D eigenvalue weighted by molar-refractivity contribution is -0.0449. The second-order valence-corrected chi connectivity index (χ2v) is 9.25. The highest BCUT2D eigenvalue weighted by Crippen LogP contribution is 2.26. The standard InChI is InChI=1S/C17H17BrF3N3O3S/c18-12-3-4-15-14(8-12)13(5-6-22-15)16(25)24-7-1-2-11(10-24)9-23-28(26,27)17(19,20)21/h3-6,8,11,23H,1-2,7,9-10H2. The molecule has 6 nitrogen and oxygen atoms in total. The molecular formula is C17H17BrF3N3O3S. The quantitative estimate of drug-likeness (QED) is 0.729. The molecule has 0 saturated carbocycles. The molecule has 1 fully saturated rings. The molecular weight excluding hydrogens is 463 g/mol. The molecule has 1 amide bonds. The number of amides is 1. The summed E-state index contributed by atoms with van der Waals surface area (Å²) in [7, 11) is -5.39. The number of nitrogens with one attached hydrogen (secondary N) is 1. The first kappa shape index (κ1) is 21.0. The number of halogens is 4. The van der Waals surface area contributed by atoms with Crippen LogP contribution >= 0.6 is 15.9 Å². The molecule has 11 heteroatoms. The Balaban J connectivity index is 1.74. The van der Waals surface area contributed by atoms with Crippen LogP contribution in [0.2, 0.25) is 0 Å². The van der Waals surface area contributed by atoms with Crippen LogP contribution in [0.1, 0.15) is 23.2 Å². The van der Waals surface area contributed by atoms with Crippen LogP contribution in [0.4, 0.5) is 13.2 Å². The Morgan fingerprint density at radius 2 is 2.07 bits per heavy atom. The number of benzene rings is 1. The number of likely N-dealkylation sites (tertiary alicyclic amines) is 1. The zero-order valence-electron chi connectivity index (χ0n) is 14.5. The molecule has 3 rings (SSSR count). The van der Waals surface area contributed by atoms with E-state index < -0.39 is 21.4 Å². The molecule has 1 aromatic heterocycles. The van der Waals surface area contributed by atoms with Gasteiger partial charge in [-0.2, -0.15) is 13.2 Å². The Morgan fingerprint density at radius 3 is 2.79 bits per heavy atom. The number of carbonyl (C=O) groups excluding carboxylic acids is 1. The number of piperidine rings is 1. The second kappa shape index (κ2) is 7.96. The molecule has 1 saturated heterocycles. The topological polar surface area (TPSA) is 79.4 Å². The van der Waals surface area contributed by atoms with Crippen molar-refractivity contribution in [1.82, 2.24) is 14.6 Å². The van der Waals surface area contributed by atoms with Gasteiger partial charge in [0.25, 0.3) is 5.91 Å². The molecule has 0 aliphatic carbocycles. The smallest absolute Gasteiger partial charge is 0.338 e. The summed E-state index contributed by atoms with van der Waals surface area (Å²) < 4.78 is 62.2. The molecule has 1 atom stereocenters. The molecule has 152 valence electrons. The monoisotopic (exact) mass is 479 g/mol. The fraction of sp³-hybridized carbons (Fsp3) is 0.412. The minimum absolute atomic E-state index is 0.178. The number of hydrogen-bond donors (Lipinski definition) is 1. The summed E-state index contributed by atoms with van der Waals surface area (Å²) in [5.41, 5.74) is -4.25. The van der Waals surface area contributed by atoms with Crippen LogP contribution in [0.15, 0.2) is 34.9 Å². The van der Waals surface area contributed by atoms with Crippen molar-refractivity contribution in [3.63, 3.8) is 0 Å². The third-order valence-corrected chi connectivity index (χ3v) is 6.26. The van der Waals surface area contributed by atoms with Gasteiger partial charge in [0, 0.05) is 35.7 Å². The van der Waals surface area contributed by atoms with Crippen LogP contribution in [0.5, 0.6) is 0 Å². The summed E-state index contributed by atoms with van der Waals surface area (Å²) in [5, 5.41) is 0.668. The number of rotatable bonds is 4. The third kappa shape index (κ3) is 4.47. The van der Waals surface area contributed by atoms with Gasteiger partial charge in [-0.1, -0.05) is 15.9 Å². The zero-order chi connectivity index (χ0) is 20.5. The summed E-state index contributed by atoms with van der Waals surface area (Å²) in [5.74, 6) is -0.649. The molecule has 1 N–H and O–H groups in total. The fourth-order valence-corrected chi connectivity index (χ4v) is 4.18. The van der Waals surface area contributed by atoms with Crippen LogP contribution in [-0.4, -0.2) is 49.4 Å². The molecule has 0 spiro atoms. The van der Waals surface area contributed by atoms with E-state index in [9.17, 15) is 26.4 Å². The van der Waals surface area contributed by atoms with E-state index in [-0.39, 0.29) is 19.0 Å². The van der Waals surface area contributed by atoms with E-state index in [0.29, 0.717) is 35.9 Å². The second-order valence-electron chi connectivity index (χ2n) is 6.58. The summed E-state index contributed by atoms with van der Waals surface area (Å²) in [6, 6.07) is 6.98. The van der Waals surface area contributed by atoms with Crippen molar-refractivity contribution in [2.75, 3.05) is 19.6 Å². The van der Waals surface area contributed by atoms with Crippen molar-refractivity contribution >= 4 is 42.8 Å². The van der Waals surface area contributed by atoms with E-state index in [4.69, 9.17) is 0 Å². The number of nitrogens with zero attached hydrogens (tertiary/aromatic N) is 2. The number of carbonyl (C=O) groups is 1. The number of aromatic nitrogens is 1. The maximum absolute atomic E-state index is 13.0. The van der Waals surface area contributed by atoms with Crippen molar-refractivity contribution in [1.29, 1.82) is 0 Å². The number of hydrogen-bond acceptors (Lipinski definition) is 4. The Morgan fingerprint density at radius 1 is 1.32 bits per heavy atom. The minimum atomic E-state index is -5.39. The molecule has 0 bridgehead atoms. The zero-order valence-corrected chi connectivity index (χ0v) is 16.9. The fourth-order valence-electron chi connectivity index (χ4n) is 3.20. The van der Waals surface area contributed by atoms with Gasteiger partial charge in [-0.3, -0.25) is 9.78 Å². The maximum Gasteiger partial charge on any atom is 0.511 e. The van der Waals surface area contributed by atoms with E-state index in [2.05, 4.69) is 20.9 Å². The van der Waals surface area contributed by atoms with E-state index in [1.54, 1.807) is 27.8 Å². The largest absolute Gasteiger partial charge is 0.511 e. The number of fused-ring (bicyclic) bond motifs is 1. The summed E-state index contributed by atoms with van der Waals surface area (Å²) in [4.78, 5) is 18.8. The summed E-state index contributed by atoms with van der Waals surface area (Å²) in [6.45, 7) is 0.268. The maximum atomic E-state index is 13.0. The Bertz CT molecular complexity index is 998. The predicted molar refractivity (Wildman–Crippen MR) is 101 cm³/mol. The molecule has 28 heavy (non-hydrogen) atoms. The highest BCUT2D eigenvalue weighted by atomic mass is 79.9. The van der Waals surface area contributed by atoms with E-state index in [1.807, 2.05) is 6.07 Å². The molecule has 1 aliphatic heterocycles. The van der Waals surface area contributed by atoms with Crippen LogP contribution in [0, 0.1) is 5.92 Å². The van der Waals surface area contributed by atoms with E-state index in [1.165, 1.54) is 6.20 Å². The number of alkyl halides is 3. The first-order valence-corrected chi connectivity index (χ1v) is 10.8. The van der Waals surface area contributed by atoms with Crippen LogP contribution in [-0.2, 0) is 10.0 Å². The van der Waals surface area contributed by atoms with E-state index >= 15 is 0 Å². The normalized spacial score (nSPS) is 18.4. The van der Waals surface area contributed by atoms with Gasteiger partial charge in [-0.05, 0) is 43.0 Å². The van der Waals surface area contributed by atoms with Gasteiger partial charge in [0.05, 0.1) is 11.1 Å². The lowest BCUT2D eigenvalue weighted by Gasteiger charge is -2.33. The van der Waals surface area contributed by atoms with Crippen molar-refractivity contribution in [3.05, 3.63) is 40.5 Å². The van der Waals surface area contributed by atoms with Gasteiger partial charge >= 0.3 is 15.5 Å². The SMILES string of the molecule is O=C(c1ccnc2ccc(Br)cc12)N1CCCC(CNS(=O)(=O)C(F)(F)F)C1. The molecule has 2 aromatic rings. The van der Waals surface area contributed by atoms with Gasteiger partial charge in [0.15, 0.2) is 0 Å². The van der Waals surface area contributed by atoms with Crippen molar-refractivity contribution < 1.29 is 26.4 Å². The Kier molecular flexibility index (Phi) is 5.97.